The normalized spacial score (nSPS) is 14.1. The molecular weight excluding hydrogens is 470 g/mol. The van der Waals surface area contributed by atoms with Crippen molar-refractivity contribution in [2.75, 3.05) is 18.1 Å². The lowest BCUT2D eigenvalue weighted by atomic mass is 10.0. The van der Waals surface area contributed by atoms with Gasteiger partial charge >= 0.3 is 5.97 Å². The predicted molar refractivity (Wildman–Crippen MR) is 133 cm³/mol. The first kappa shape index (κ1) is 24.6. The minimum atomic E-state index is -0.859. The van der Waals surface area contributed by atoms with E-state index in [0.29, 0.717) is 44.2 Å². The van der Waals surface area contributed by atoms with E-state index >= 15 is 0 Å². The highest BCUT2D eigenvalue weighted by Gasteiger charge is 2.28. The highest BCUT2D eigenvalue weighted by Crippen LogP contribution is 2.34. The summed E-state index contributed by atoms with van der Waals surface area (Å²) < 4.78 is 12.1. The Hall–Kier alpha value is -3.53. The van der Waals surface area contributed by atoms with Crippen molar-refractivity contribution in [3.8, 4) is 5.75 Å². The first-order chi connectivity index (χ1) is 16.6. The number of Topliss-reactive ketones (excluding diaryl/α,β-unsaturated/α-hetero) is 1. The number of nitrogens with zero attached hydrogens (tertiary/aromatic N) is 3. The molecule has 0 fully saturated rings. The average Bonchev–Trinajstić information content (AvgIpc) is 3.17. The van der Waals surface area contributed by atoms with Gasteiger partial charge in [-0.3, -0.25) is 19.0 Å². The van der Waals surface area contributed by atoms with Gasteiger partial charge < -0.3 is 14.4 Å². The van der Waals surface area contributed by atoms with E-state index in [1.807, 2.05) is 6.92 Å². The van der Waals surface area contributed by atoms with Crippen molar-refractivity contribution < 1.29 is 23.9 Å². The van der Waals surface area contributed by atoms with E-state index in [1.54, 1.807) is 50.8 Å². The van der Waals surface area contributed by atoms with Crippen LogP contribution in [0.1, 0.15) is 65.8 Å². The van der Waals surface area contributed by atoms with Crippen LogP contribution in [0.2, 0.25) is 0 Å². The molecule has 0 saturated heterocycles. The number of anilines is 1. The van der Waals surface area contributed by atoms with Gasteiger partial charge in [0.05, 0.1) is 29.5 Å². The molecule has 9 nitrogen and oxygen atoms in total. The van der Waals surface area contributed by atoms with Crippen molar-refractivity contribution in [2.45, 2.75) is 53.2 Å². The van der Waals surface area contributed by atoms with Crippen LogP contribution in [-0.2, 0) is 9.53 Å². The lowest BCUT2D eigenvalue weighted by molar-refractivity contribution is -0.121. The molecule has 1 atom stereocenters. The smallest absolute Gasteiger partial charge is 0.348 e. The zero-order valence-corrected chi connectivity index (χ0v) is 21.1. The fourth-order valence-corrected chi connectivity index (χ4v) is 5.09. The molecule has 1 unspecified atom stereocenters. The Labute approximate surface area is 206 Å². The van der Waals surface area contributed by atoms with Gasteiger partial charge in [-0.25, -0.2) is 9.78 Å². The van der Waals surface area contributed by atoms with E-state index in [-0.39, 0.29) is 24.4 Å². The molecule has 1 aliphatic rings. The first-order valence-corrected chi connectivity index (χ1v) is 12.3. The number of carbonyl (C=O) groups is 3. The quantitative estimate of drug-likeness (QED) is 0.360. The number of aromatic nitrogens is 2. The summed E-state index contributed by atoms with van der Waals surface area (Å²) in [5, 5.41) is 0.298. The van der Waals surface area contributed by atoms with Crippen LogP contribution in [0.15, 0.2) is 29.3 Å². The van der Waals surface area contributed by atoms with Crippen LogP contribution >= 0.6 is 11.3 Å². The summed E-state index contributed by atoms with van der Waals surface area (Å²) in [6, 6.07) is 4.07. The number of carbonyl (C=O) groups excluding carboxylic acids is 3. The van der Waals surface area contributed by atoms with E-state index in [1.165, 1.54) is 10.9 Å². The van der Waals surface area contributed by atoms with Gasteiger partial charge in [0.15, 0.2) is 12.4 Å². The summed E-state index contributed by atoms with van der Waals surface area (Å²) in [4.78, 5) is 58.2. The third-order valence-electron chi connectivity index (χ3n) is 5.83. The number of fused-ring (bicyclic) bond motifs is 2. The maximum Gasteiger partial charge on any atom is 0.348 e. The SMILES string of the molecule is CCCN1C(=O)COc2ccc(C(=O)C(C)n3cnc4sc(C(=O)OC(C)C)c(C)c4c3=O)cc21. The number of rotatable bonds is 7. The van der Waals surface area contributed by atoms with Crippen molar-refractivity contribution in [3.63, 3.8) is 0 Å². The molecule has 1 amide bonds. The van der Waals surface area contributed by atoms with Crippen LogP contribution in [0.5, 0.6) is 5.75 Å². The maximum atomic E-state index is 13.4. The number of thiophene rings is 1. The Morgan fingerprint density at radius 3 is 2.66 bits per heavy atom. The molecule has 0 radical (unpaired) electrons. The molecule has 1 aromatic carbocycles. The van der Waals surface area contributed by atoms with Crippen LogP contribution in [0, 0.1) is 6.92 Å². The zero-order chi connectivity index (χ0) is 25.4. The van der Waals surface area contributed by atoms with Crippen LogP contribution < -0.4 is 15.2 Å². The molecule has 184 valence electrons. The lowest BCUT2D eigenvalue weighted by Gasteiger charge is -2.29. The van der Waals surface area contributed by atoms with Gasteiger partial charge in [0.25, 0.3) is 11.5 Å². The second kappa shape index (κ2) is 9.61. The Bertz CT molecular complexity index is 1390. The summed E-state index contributed by atoms with van der Waals surface area (Å²) in [5.41, 5.74) is 0.981. The number of ketones is 1. The molecule has 2 aromatic heterocycles. The van der Waals surface area contributed by atoms with Crippen molar-refractivity contribution in [1.29, 1.82) is 0 Å². The van der Waals surface area contributed by atoms with Crippen molar-refractivity contribution in [2.24, 2.45) is 0 Å². The van der Waals surface area contributed by atoms with Crippen LogP contribution in [0.3, 0.4) is 0 Å². The summed E-state index contributed by atoms with van der Waals surface area (Å²) in [7, 11) is 0. The molecule has 0 spiro atoms. The number of hydrogen-bond donors (Lipinski definition) is 0. The Kier molecular flexibility index (Phi) is 6.75. The van der Waals surface area contributed by atoms with Crippen molar-refractivity contribution in [1.82, 2.24) is 9.55 Å². The molecule has 0 N–H and O–H groups in total. The van der Waals surface area contributed by atoms with Gasteiger partial charge in [-0.05, 0) is 57.9 Å². The summed E-state index contributed by atoms with van der Waals surface area (Å²) in [5.74, 6) is -0.435. The highest BCUT2D eigenvalue weighted by atomic mass is 32.1. The van der Waals surface area contributed by atoms with E-state index < -0.39 is 17.6 Å². The van der Waals surface area contributed by atoms with Gasteiger partial charge in [0.1, 0.15) is 15.5 Å². The molecule has 0 aliphatic carbocycles. The molecule has 3 heterocycles. The lowest BCUT2D eigenvalue weighted by Crippen LogP contribution is -2.39. The average molecular weight is 498 g/mol. The molecule has 0 bridgehead atoms. The van der Waals surface area contributed by atoms with Crippen LogP contribution in [0.25, 0.3) is 10.2 Å². The maximum absolute atomic E-state index is 13.4. The molecular formula is C25H27N3O6S. The van der Waals surface area contributed by atoms with E-state index in [4.69, 9.17) is 9.47 Å². The van der Waals surface area contributed by atoms with Gasteiger partial charge in [-0.15, -0.1) is 11.3 Å². The molecule has 4 rings (SSSR count). The number of ether oxygens (including phenoxy) is 2. The monoisotopic (exact) mass is 497 g/mol. The molecule has 1 aliphatic heterocycles. The van der Waals surface area contributed by atoms with E-state index in [9.17, 15) is 19.2 Å². The van der Waals surface area contributed by atoms with Gasteiger partial charge in [-0.1, -0.05) is 6.92 Å². The topological polar surface area (TPSA) is 108 Å². The second-order valence-corrected chi connectivity index (χ2v) is 9.70. The second-order valence-electron chi connectivity index (χ2n) is 8.70. The van der Waals surface area contributed by atoms with Crippen molar-refractivity contribution in [3.05, 3.63) is 50.9 Å². The molecule has 3 aromatic rings. The number of hydrogen-bond acceptors (Lipinski definition) is 8. The van der Waals surface area contributed by atoms with Crippen LogP contribution in [0.4, 0.5) is 5.69 Å². The zero-order valence-electron chi connectivity index (χ0n) is 20.3. The number of amides is 1. The van der Waals surface area contributed by atoms with Gasteiger partial charge in [0, 0.05) is 12.1 Å². The fraction of sp³-hybridized carbons (Fsp3) is 0.400. The third-order valence-corrected chi connectivity index (χ3v) is 7.01. The fourth-order valence-electron chi connectivity index (χ4n) is 4.07. The minimum Gasteiger partial charge on any atom is -0.482 e. The predicted octanol–water partition coefficient (Wildman–Crippen LogP) is 3.91. The molecule has 10 heteroatoms. The standard InChI is InChI=1S/C25H27N3O6S/c1-6-9-27-17-10-16(7-8-18(17)33-11-19(27)29)21(30)15(5)28-12-26-23-20(24(28)31)14(4)22(35-23)25(32)34-13(2)3/h7-8,10,12-13,15H,6,9,11H2,1-5H3. The summed E-state index contributed by atoms with van der Waals surface area (Å²) in [6.45, 7) is 9.25. The third kappa shape index (κ3) is 4.45. The number of esters is 1. The summed E-state index contributed by atoms with van der Waals surface area (Å²) in [6.07, 6.45) is 1.79. The molecule has 35 heavy (non-hydrogen) atoms. The summed E-state index contributed by atoms with van der Waals surface area (Å²) >= 11 is 1.10. The van der Waals surface area contributed by atoms with Gasteiger partial charge in [-0.2, -0.15) is 0 Å². The van der Waals surface area contributed by atoms with Crippen LogP contribution in [-0.4, -0.2) is 46.5 Å². The van der Waals surface area contributed by atoms with E-state index in [2.05, 4.69) is 4.98 Å². The Morgan fingerprint density at radius 1 is 1.23 bits per heavy atom. The minimum absolute atomic E-state index is 0.0372. The first-order valence-electron chi connectivity index (χ1n) is 11.5. The number of aryl methyl sites for hydroxylation is 1. The highest BCUT2D eigenvalue weighted by molar-refractivity contribution is 7.20. The van der Waals surface area contributed by atoms with E-state index in [0.717, 1.165) is 17.8 Å². The van der Waals surface area contributed by atoms with Crippen molar-refractivity contribution >= 4 is 44.9 Å². The van der Waals surface area contributed by atoms with Gasteiger partial charge in [0.2, 0.25) is 0 Å². The number of benzene rings is 1. The Balaban J connectivity index is 1.70. The molecule has 0 saturated carbocycles. The Morgan fingerprint density at radius 2 is 1.97 bits per heavy atom. The largest absolute Gasteiger partial charge is 0.482 e.